The van der Waals surface area contributed by atoms with Gasteiger partial charge < -0.3 is 9.64 Å². The number of halogens is 2. The Morgan fingerprint density at radius 2 is 1.97 bits per heavy atom. The first kappa shape index (κ1) is 21.4. The van der Waals surface area contributed by atoms with Crippen LogP contribution in [0.15, 0.2) is 36.8 Å². The lowest BCUT2D eigenvalue weighted by molar-refractivity contribution is -0.0178. The molecule has 2 aliphatic rings. The Bertz CT molecular complexity index is 1390. The standard InChI is InChI=1S/C24H23ClFN7O/c1-13-8-27-22-21(18-6-3-16(25)7-19(18)26)30-24(31-23(22)29-13)32-10-14(2)34-20(12-32)15-9-28-33(11-15)17-4-5-17/h3,6-9,11,14,17,20H,4-5,10,12H2,1-2H3/t14-,20-/m0/s1. The van der Waals surface area contributed by atoms with Crippen molar-refractivity contribution in [2.75, 3.05) is 18.0 Å². The molecule has 4 heterocycles. The van der Waals surface area contributed by atoms with E-state index < -0.39 is 5.82 Å². The van der Waals surface area contributed by atoms with E-state index in [2.05, 4.69) is 26.2 Å². The van der Waals surface area contributed by atoms with Gasteiger partial charge in [-0.25, -0.2) is 19.3 Å². The number of morpholine rings is 1. The average Bonchev–Trinajstić information content (AvgIpc) is 3.54. The number of anilines is 1. The maximum Gasteiger partial charge on any atom is 0.228 e. The van der Waals surface area contributed by atoms with Crippen molar-refractivity contribution in [3.8, 4) is 11.3 Å². The van der Waals surface area contributed by atoms with Gasteiger partial charge in [0.25, 0.3) is 0 Å². The molecule has 10 heteroatoms. The number of nitrogens with zero attached hydrogens (tertiary/aromatic N) is 7. The minimum absolute atomic E-state index is 0.0540. The van der Waals surface area contributed by atoms with Gasteiger partial charge >= 0.3 is 0 Å². The molecular weight excluding hydrogens is 457 g/mol. The zero-order valence-corrected chi connectivity index (χ0v) is 19.6. The van der Waals surface area contributed by atoms with Gasteiger partial charge in [-0.05, 0) is 44.9 Å². The molecule has 1 saturated heterocycles. The average molecular weight is 480 g/mol. The summed E-state index contributed by atoms with van der Waals surface area (Å²) in [4.78, 5) is 20.6. The number of benzene rings is 1. The van der Waals surface area contributed by atoms with E-state index in [1.54, 1.807) is 18.3 Å². The number of hydrogen-bond donors (Lipinski definition) is 0. The Hall–Kier alpha value is -3.17. The lowest BCUT2D eigenvalue weighted by Crippen LogP contribution is -2.43. The number of fused-ring (bicyclic) bond motifs is 1. The highest BCUT2D eigenvalue weighted by molar-refractivity contribution is 6.30. The van der Waals surface area contributed by atoms with Crippen LogP contribution in [0.3, 0.4) is 0 Å². The molecule has 174 valence electrons. The molecule has 2 fully saturated rings. The van der Waals surface area contributed by atoms with Gasteiger partial charge in [0, 0.05) is 35.1 Å². The molecule has 0 amide bonds. The zero-order chi connectivity index (χ0) is 23.4. The minimum atomic E-state index is -0.471. The van der Waals surface area contributed by atoms with Crippen molar-refractivity contribution in [2.45, 2.75) is 44.9 Å². The second kappa shape index (κ2) is 8.25. The summed E-state index contributed by atoms with van der Waals surface area (Å²) in [5.41, 5.74) is 3.31. The third-order valence-corrected chi connectivity index (χ3v) is 6.40. The van der Waals surface area contributed by atoms with E-state index in [0.717, 1.165) is 11.3 Å². The van der Waals surface area contributed by atoms with Crippen LogP contribution in [0.1, 0.15) is 43.2 Å². The van der Waals surface area contributed by atoms with Crippen molar-refractivity contribution < 1.29 is 9.13 Å². The number of rotatable bonds is 4. The van der Waals surface area contributed by atoms with Crippen molar-refractivity contribution >= 4 is 28.7 Å². The first-order valence-electron chi connectivity index (χ1n) is 11.4. The van der Waals surface area contributed by atoms with Crippen LogP contribution >= 0.6 is 11.6 Å². The smallest absolute Gasteiger partial charge is 0.228 e. The van der Waals surface area contributed by atoms with Crippen molar-refractivity contribution in [1.82, 2.24) is 29.7 Å². The summed E-state index contributed by atoms with van der Waals surface area (Å²) < 4.78 is 23.2. The topological polar surface area (TPSA) is 81.9 Å². The van der Waals surface area contributed by atoms with E-state index in [1.807, 2.05) is 24.7 Å². The minimum Gasteiger partial charge on any atom is -0.367 e. The van der Waals surface area contributed by atoms with Crippen LogP contribution in [-0.4, -0.2) is 48.9 Å². The normalized spacial score (nSPS) is 20.8. The third kappa shape index (κ3) is 3.99. The van der Waals surface area contributed by atoms with Gasteiger partial charge in [0.2, 0.25) is 5.95 Å². The van der Waals surface area contributed by atoms with Crippen LogP contribution in [-0.2, 0) is 4.74 Å². The monoisotopic (exact) mass is 479 g/mol. The Kier molecular flexibility index (Phi) is 5.18. The fourth-order valence-corrected chi connectivity index (χ4v) is 4.51. The molecule has 6 rings (SSSR count). The number of aryl methyl sites for hydroxylation is 1. The van der Waals surface area contributed by atoms with Crippen LogP contribution in [0.5, 0.6) is 0 Å². The SMILES string of the molecule is Cc1cnc2c(-c3ccc(Cl)cc3F)nc(N3C[C@@H](c4cnn(C5CC5)c4)O[C@@H](C)C3)nc2n1. The van der Waals surface area contributed by atoms with Crippen LogP contribution in [0.25, 0.3) is 22.4 Å². The van der Waals surface area contributed by atoms with E-state index in [9.17, 15) is 4.39 Å². The van der Waals surface area contributed by atoms with Gasteiger partial charge in [-0.15, -0.1) is 0 Å². The molecule has 8 nitrogen and oxygen atoms in total. The molecule has 1 aromatic carbocycles. The summed E-state index contributed by atoms with van der Waals surface area (Å²) in [6.07, 6.45) is 7.70. The molecule has 1 saturated carbocycles. The lowest BCUT2D eigenvalue weighted by atomic mass is 10.1. The molecule has 1 aliphatic heterocycles. The van der Waals surface area contributed by atoms with Crippen LogP contribution in [0.4, 0.5) is 10.3 Å². The van der Waals surface area contributed by atoms with Gasteiger partial charge in [-0.3, -0.25) is 4.68 Å². The summed E-state index contributed by atoms with van der Waals surface area (Å²) >= 11 is 5.98. The van der Waals surface area contributed by atoms with E-state index in [1.165, 1.54) is 18.9 Å². The van der Waals surface area contributed by atoms with Gasteiger partial charge in [0.05, 0.1) is 30.6 Å². The summed E-state index contributed by atoms with van der Waals surface area (Å²) in [5, 5.41) is 4.83. The Morgan fingerprint density at radius 3 is 2.76 bits per heavy atom. The van der Waals surface area contributed by atoms with Crippen molar-refractivity contribution in [3.63, 3.8) is 0 Å². The predicted molar refractivity (Wildman–Crippen MR) is 126 cm³/mol. The van der Waals surface area contributed by atoms with Crippen molar-refractivity contribution in [1.29, 1.82) is 0 Å². The predicted octanol–water partition coefficient (Wildman–Crippen LogP) is 4.69. The Labute approximate surface area is 200 Å². The first-order chi connectivity index (χ1) is 16.4. The maximum atomic E-state index is 14.9. The highest BCUT2D eigenvalue weighted by Crippen LogP contribution is 2.36. The molecule has 4 aromatic rings. The molecule has 0 N–H and O–H groups in total. The quantitative estimate of drug-likeness (QED) is 0.420. The van der Waals surface area contributed by atoms with E-state index >= 15 is 0 Å². The molecule has 0 unspecified atom stereocenters. The summed E-state index contributed by atoms with van der Waals surface area (Å²) in [6, 6.07) is 5.03. The van der Waals surface area contributed by atoms with Crippen LogP contribution < -0.4 is 4.90 Å². The largest absolute Gasteiger partial charge is 0.367 e. The van der Waals surface area contributed by atoms with Gasteiger partial charge in [0.15, 0.2) is 5.65 Å². The Balaban J connectivity index is 1.41. The first-order valence-corrected chi connectivity index (χ1v) is 11.7. The number of hydrogen-bond acceptors (Lipinski definition) is 7. The van der Waals surface area contributed by atoms with Gasteiger partial charge in [-0.1, -0.05) is 11.6 Å². The summed E-state index contributed by atoms with van der Waals surface area (Å²) in [7, 11) is 0. The van der Waals surface area contributed by atoms with Gasteiger partial charge in [-0.2, -0.15) is 10.1 Å². The van der Waals surface area contributed by atoms with E-state index in [0.29, 0.717) is 52.5 Å². The van der Waals surface area contributed by atoms with Crippen molar-refractivity contribution in [2.24, 2.45) is 0 Å². The molecular formula is C24H23ClFN7O. The molecule has 2 atom stereocenters. The van der Waals surface area contributed by atoms with E-state index in [-0.39, 0.29) is 12.2 Å². The molecule has 34 heavy (non-hydrogen) atoms. The number of ether oxygens (including phenoxy) is 1. The third-order valence-electron chi connectivity index (χ3n) is 6.16. The molecule has 3 aromatic heterocycles. The van der Waals surface area contributed by atoms with Crippen LogP contribution in [0.2, 0.25) is 5.02 Å². The lowest BCUT2D eigenvalue weighted by Gasteiger charge is -2.36. The summed E-state index contributed by atoms with van der Waals surface area (Å²) in [5.74, 6) is -0.00646. The Morgan fingerprint density at radius 1 is 1.12 bits per heavy atom. The van der Waals surface area contributed by atoms with E-state index in [4.69, 9.17) is 26.3 Å². The molecule has 0 spiro atoms. The van der Waals surface area contributed by atoms with Crippen LogP contribution in [0, 0.1) is 12.7 Å². The molecule has 0 bridgehead atoms. The molecule has 0 radical (unpaired) electrons. The fraction of sp³-hybridized carbons (Fsp3) is 0.375. The molecule has 1 aliphatic carbocycles. The summed E-state index contributed by atoms with van der Waals surface area (Å²) in [6.45, 7) is 5.02. The number of aromatic nitrogens is 6. The highest BCUT2D eigenvalue weighted by Gasteiger charge is 2.31. The highest BCUT2D eigenvalue weighted by atomic mass is 35.5. The zero-order valence-electron chi connectivity index (χ0n) is 18.8. The second-order valence-electron chi connectivity index (χ2n) is 9.01. The van der Waals surface area contributed by atoms with Crippen molar-refractivity contribution in [3.05, 3.63) is 58.9 Å². The second-order valence-corrected chi connectivity index (χ2v) is 9.44. The van der Waals surface area contributed by atoms with Gasteiger partial charge in [0.1, 0.15) is 23.1 Å². The maximum absolute atomic E-state index is 14.9. The fourth-order valence-electron chi connectivity index (χ4n) is 4.35.